The zero-order valence-electron chi connectivity index (χ0n) is 9.46. The van der Waals surface area contributed by atoms with Gasteiger partial charge in [-0.05, 0) is 12.1 Å². The van der Waals surface area contributed by atoms with Gasteiger partial charge in [0, 0.05) is 32.6 Å². The molecule has 0 aliphatic rings. The summed E-state index contributed by atoms with van der Waals surface area (Å²) in [5, 5.41) is 4.07. The second kappa shape index (κ2) is 4.32. The van der Waals surface area contributed by atoms with Crippen molar-refractivity contribution >= 4 is 5.91 Å². The Kier molecular flexibility index (Phi) is 2.86. The number of aromatic nitrogens is 3. The molecule has 0 unspecified atom stereocenters. The van der Waals surface area contributed by atoms with Gasteiger partial charge in [0.2, 0.25) is 5.95 Å². The minimum Gasteiger partial charge on any atom is -0.343 e. The van der Waals surface area contributed by atoms with E-state index in [2.05, 4.69) is 10.1 Å². The molecule has 2 heterocycles. The largest absolute Gasteiger partial charge is 0.343 e. The normalized spacial score (nSPS) is 10.3. The Morgan fingerprint density at radius 3 is 2.82 bits per heavy atom. The fourth-order valence-electron chi connectivity index (χ4n) is 1.35. The van der Waals surface area contributed by atoms with Gasteiger partial charge in [-0.15, -0.1) is 0 Å². The third-order valence-corrected chi connectivity index (χ3v) is 2.19. The van der Waals surface area contributed by atoms with Gasteiger partial charge in [-0.25, -0.2) is 9.67 Å². The van der Waals surface area contributed by atoms with E-state index in [9.17, 15) is 9.18 Å². The van der Waals surface area contributed by atoms with E-state index < -0.39 is 5.95 Å². The summed E-state index contributed by atoms with van der Waals surface area (Å²) in [6.45, 7) is 0. The van der Waals surface area contributed by atoms with Gasteiger partial charge in [-0.2, -0.15) is 9.49 Å². The zero-order valence-corrected chi connectivity index (χ0v) is 9.46. The standard InChI is InChI=1S/C11H11FN4O/c1-15(2)11(17)9-4-6-16(14-9)8-3-5-13-10(12)7-8/h3-7H,1-2H3. The van der Waals surface area contributed by atoms with E-state index in [1.807, 2.05) is 0 Å². The average molecular weight is 234 g/mol. The summed E-state index contributed by atoms with van der Waals surface area (Å²) in [5.41, 5.74) is 0.836. The molecule has 0 aliphatic heterocycles. The Bertz CT molecular complexity index is 550. The van der Waals surface area contributed by atoms with Crippen molar-refractivity contribution < 1.29 is 9.18 Å². The number of carbonyl (C=O) groups excluding carboxylic acids is 1. The Hall–Kier alpha value is -2.24. The quantitative estimate of drug-likeness (QED) is 0.731. The lowest BCUT2D eigenvalue weighted by Crippen LogP contribution is -2.22. The highest BCUT2D eigenvalue weighted by molar-refractivity contribution is 5.91. The van der Waals surface area contributed by atoms with E-state index in [1.54, 1.807) is 32.4 Å². The molecule has 0 aromatic carbocycles. The summed E-state index contributed by atoms with van der Waals surface area (Å²) in [5.74, 6) is -0.781. The Morgan fingerprint density at radius 2 is 2.18 bits per heavy atom. The van der Waals surface area contributed by atoms with Crippen LogP contribution < -0.4 is 0 Å². The van der Waals surface area contributed by atoms with Crippen LogP contribution in [0.2, 0.25) is 0 Å². The van der Waals surface area contributed by atoms with Gasteiger partial charge in [0.15, 0.2) is 5.69 Å². The molecule has 2 rings (SSSR count). The summed E-state index contributed by atoms with van der Waals surface area (Å²) >= 11 is 0. The summed E-state index contributed by atoms with van der Waals surface area (Å²) in [6.07, 6.45) is 2.95. The van der Waals surface area contributed by atoms with E-state index in [0.29, 0.717) is 11.4 Å². The third-order valence-electron chi connectivity index (χ3n) is 2.19. The maximum atomic E-state index is 12.9. The van der Waals surface area contributed by atoms with Crippen LogP contribution in [0.4, 0.5) is 4.39 Å². The molecule has 0 N–H and O–H groups in total. The fraction of sp³-hybridized carbons (Fsp3) is 0.182. The maximum absolute atomic E-state index is 12.9. The molecule has 0 saturated heterocycles. The van der Waals surface area contributed by atoms with Crippen LogP contribution in [0.5, 0.6) is 0 Å². The van der Waals surface area contributed by atoms with Crippen molar-refractivity contribution in [2.24, 2.45) is 0 Å². The van der Waals surface area contributed by atoms with Crippen molar-refractivity contribution in [2.45, 2.75) is 0 Å². The SMILES string of the molecule is CN(C)C(=O)c1ccn(-c2ccnc(F)c2)n1. The minimum absolute atomic E-state index is 0.196. The van der Waals surface area contributed by atoms with E-state index >= 15 is 0 Å². The first kappa shape index (κ1) is 11.3. The van der Waals surface area contributed by atoms with Crippen LogP contribution in [0.15, 0.2) is 30.6 Å². The molecule has 0 atom stereocenters. The van der Waals surface area contributed by atoms with Crippen LogP contribution in [0.1, 0.15) is 10.5 Å². The molecule has 0 spiro atoms. The number of rotatable bonds is 2. The molecule has 0 radical (unpaired) electrons. The van der Waals surface area contributed by atoms with Crippen molar-refractivity contribution in [3.05, 3.63) is 42.2 Å². The lowest BCUT2D eigenvalue weighted by atomic mass is 10.4. The lowest BCUT2D eigenvalue weighted by Gasteiger charge is -2.06. The van der Waals surface area contributed by atoms with E-state index in [0.717, 1.165) is 0 Å². The Morgan fingerprint density at radius 1 is 1.41 bits per heavy atom. The molecular weight excluding hydrogens is 223 g/mol. The fourth-order valence-corrected chi connectivity index (χ4v) is 1.35. The second-order valence-corrected chi connectivity index (χ2v) is 3.68. The summed E-state index contributed by atoms with van der Waals surface area (Å²) < 4.78 is 14.4. The molecule has 1 amide bonds. The Balaban J connectivity index is 2.33. The predicted molar refractivity (Wildman–Crippen MR) is 59.3 cm³/mol. The molecular formula is C11H11FN4O. The van der Waals surface area contributed by atoms with Gasteiger partial charge in [0.25, 0.3) is 5.91 Å². The molecule has 88 valence electrons. The molecule has 2 aromatic heterocycles. The third kappa shape index (κ3) is 2.30. The second-order valence-electron chi connectivity index (χ2n) is 3.68. The summed E-state index contributed by atoms with van der Waals surface area (Å²) in [4.78, 5) is 16.5. The molecule has 0 bridgehead atoms. The predicted octanol–water partition coefficient (Wildman–Crippen LogP) is 1.11. The van der Waals surface area contributed by atoms with Crippen molar-refractivity contribution in [2.75, 3.05) is 14.1 Å². The molecule has 6 heteroatoms. The van der Waals surface area contributed by atoms with Crippen molar-refractivity contribution in [3.8, 4) is 5.69 Å². The van der Waals surface area contributed by atoms with Gasteiger partial charge in [-0.1, -0.05) is 0 Å². The number of halogens is 1. The first-order valence-electron chi connectivity index (χ1n) is 4.97. The first-order chi connectivity index (χ1) is 8.08. The molecule has 0 saturated carbocycles. The minimum atomic E-state index is -0.585. The maximum Gasteiger partial charge on any atom is 0.273 e. The number of carbonyl (C=O) groups is 1. The van der Waals surface area contributed by atoms with Crippen molar-refractivity contribution in [3.63, 3.8) is 0 Å². The highest BCUT2D eigenvalue weighted by Gasteiger charge is 2.11. The van der Waals surface area contributed by atoms with Crippen LogP contribution in [-0.2, 0) is 0 Å². The average Bonchev–Trinajstić information content (AvgIpc) is 2.77. The molecule has 0 aliphatic carbocycles. The van der Waals surface area contributed by atoms with Crippen LogP contribution in [0.3, 0.4) is 0 Å². The number of amides is 1. The van der Waals surface area contributed by atoms with Gasteiger partial charge in [0.05, 0.1) is 5.69 Å². The van der Waals surface area contributed by atoms with Gasteiger partial charge in [0.1, 0.15) is 0 Å². The molecule has 5 nitrogen and oxygen atoms in total. The lowest BCUT2D eigenvalue weighted by molar-refractivity contribution is 0.0821. The van der Waals surface area contributed by atoms with Crippen LogP contribution in [0.25, 0.3) is 5.69 Å². The van der Waals surface area contributed by atoms with E-state index in [1.165, 1.54) is 21.8 Å². The summed E-state index contributed by atoms with van der Waals surface area (Å²) in [6, 6.07) is 4.44. The topological polar surface area (TPSA) is 51.0 Å². The number of hydrogen-bond acceptors (Lipinski definition) is 3. The van der Waals surface area contributed by atoms with E-state index in [4.69, 9.17) is 0 Å². The number of nitrogens with zero attached hydrogens (tertiary/aromatic N) is 4. The first-order valence-corrected chi connectivity index (χ1v) is 4.97. The van der Waals surface area contributed by atoms with Gasteiger partial charge in [-0.3, -0.25) is 4.79 Å². The van der Waals surface area contributed by atoms with Gasteiger partial charge >= 0.3 is 0 Å². The van der Waals surface area contributed by atoms with Crippen LogP contribution in [0, 0.1) is 5.95 Å². The monoisotopic (exact) mass is 234 g/mol. The van der Waals surface area contributed by atoms with Crippen molar-refractivity contribution in [1.82, 2.24) is 19.7 Å². The number of hydrogen-bond donors (Lipinski definition) is 0. The highest BCUT2D eigenvalue weighted by Crippen LogP contribution is 2.08. The Labute approximate surface area is 97.5 Å². The molecule has 0 fully saturated rings. The molecule has 2 aromatic rings. The zero-order chi connectivity index (χ0) is 12.4. The van der Waals surface area contributed by atoms with Crippen molar-refractivity contribution in [1.29, 1.82) is 0 Å². The van der Waals surface area contributed by atoms with Gasteiger partial charge < -0.3 is 4.90 Å². The summed E-state index contributed by atoms with van der Waals surface area (Å²) in [7, 11) is 3.29. The number of pyridine rings is 1. The molecule has 17 heavy (non-hydrogen) atoms. The van der Waals surface area contributed by atoms with Crippen LogP contribution in [-0.4, -0.2) is 39.7 Å². The highest BCUT2D eigenvalue weighted by atomic mass is 19.1. The smallest absolute Gasteiger partial charge is 0.273 e. The van der Waals surface area contributed by atoms with Crippen LogP contribution >= 0.6 is 0 Å². The van der Waals surface area contributed by atoms with E-state index in [-0.39, 0.29) is 5.91 Å².